The van der Waals surface area contributed by atoms with Gasteiger partial charge in [0.1, 0.15) is 17.1 Å². The lowest BCUT2D eigenvalue weighted by molar-refractivity contribution is -0.137. The number of alkyl halides is 3. The summed E-state index contributed by atoms with van der Waals surface area (Å²) in [5.74, 6) is -5.11. The Morgan fingerprint density at radius 2 is 1.73 bits per heavy atom. The van der Waals surface area contributed by atoms with Crippen molar-refractivity contribution in [2.45, 2.75) is 12.3 Å². The highest BCUT2D eigenvalue weighted by atomic mass is 79.9. The number of primary amides is 1. The Kier molecular flexibility index (Phi) is 8.04. The Labute approximate surface area is 230 Å². The number of pyridine rings is 1. The lowest BCUT2D eigenvalue weighted by Crippen LogP contribution is -2.35. The number of hydrogen-bond acceptors (Lipinski definition) is 6. The van der Waals surface area contributed by atoms with Crippen LogP contribution in [-0.2, 0) is 6.18 Å². The van der Waals surface area contributed by atoms with Gasteiger partial charge in [0.05, 0.1) is 17.8 Å². The number of nitrogens with zero attached hydrogens (tertiary/aromatic N) is 3. The summed E-state index contributed by atoms with van der Waals surface area (Å²) in [5, 5.41) is 9.84. The zero-order valence-electron chi connectivity index (χ0n) is 19.8. The van der Waals surface area contributed by atoms with E-state index in [1.807, 2.05) is 0 Å². The van der Waals surface area contributed by atoms with E-state index >= 15 is 4.39 Å². The third-order valence-electron chi connectivity index (χ3n) is 5.49. The zero-order chi connectivity index (χ0) is 29.2. The Bertz CT molecular complexity index is 1550. The third-order valence-corrected chi connectivity index (χ3v) is 6.03. The fourth-order valence-corrected chi connectivity index (χ4v) is 4.09. The topological polar surface area (TPSA) is 132 Å². The van der Waals surface area contributed by atoms with E-state index in [1.54, 1.807) is 0 Å². The number of carboxylic acid groups (broad SMARTS) is 1. The lowest BCUT2D eigenvalue weighted by Gasteiger charge is -2.24. The average molecular weight is 627 g/mol. The number of carbonyl (C=O) groups is 2. The van der Waals surface area contributed by atoms with Gasteiger partial charge < -0.3 is 20.0 Å². The molecule has 0 aliphatic carbocycles. The minimum Gasteiger partial charge on any atom is -0.476 e. The summed E-state index contributed by atoms with van der Waals surface area (Å²) in [7, 11) is 0. The molecule has 0 fully saturated rings. The van der Waals surface area contributed by atoms with Gasteiger partial charge in [-0.2, -0.15) is 13.2 Å². The second-order valence-electron chi connectivity index (χ2n) is 8.05. The van der Waals surface area contributed by atoms with E-state index in [0.29, 0.717) is 0 Å². The van der Waals surface area contributed by atoms with E-state index in [-0.39, 0.29) is 27.5 Å². The molecule has 40 heavy (non-hydrogen) atoms. The molecule has 0 saturated heterocycles. The molecule has 0 radical (unpaired) electrons. The van der Waals surface area contributed by atoms with Crippen LogP contribution in [-0.4, -0.2) is 33.6 Å². The molecule has 4 rings (SSSR count). The summed E-state index contributed by atoms with van der Waals surface area (Å²) >= 11 is 3.13. The van der Waals surface area contributed by atoms with Crippen LogP contribution in [0.1, 0.15) is 27.9 Å². The van der Waals surface area contributed by atoms with E-state index in [2.05, 4.69) is 25.9 Å². The molecule has 2 aromatic carbocycles. The SMILES string of the molecule is NC(=O)c1c(F)ccc(OC(CN(C(=O)O)c2ccncc2)c2nc(-c3ccc(C(F)(F)F)cc3)c(Br)o2)c1F. The Morgan fingerprint density at radius 1 is 1.07 bits per heavy atom. The maximum absolute atomic E-state index is 15.0. The molecule has 0 saturated carbocycles. The minimum atomic E-state index is -4.57. The van der Waals surface area contributed by atoms with Gasteiger partial charge in [-0.1, -0.05) is 12.1 Å². The van der Waals surface area contributed by atoms with Crippen LogP contribution >= 0.6 is 15.9 Å². The number of hydrogen-bond donors (Lipinski definition) is 2. The van der Waals surface area contributed by atoms with E-state index in [0.717, 1.165) is 41.3 Å². The Hall–Kier alpha value is -4.53. The number of carbonyl (C=O) groups excluding carboxylic acids is 1. The van der Waals surface area contributed by atoms with Crippen molar-refractivity contribution in [1.82, 2.24) is 9.97 Å². The van der Waals surface area contributed by atoms with Gasteiger partial charge in [0.2, 0.25) is 5.89 Å². The fraction of sp³-hybridized carbons (Fsp3) is 0.120. The molecule has 1 unspecified atom stereocenters. The molecule has 208 valence electrons. The summed E-state index contributed by atoms with van der Waals surface area (Å²) in [6.07, 6.45) is -4.90. The lowest BCUT2D eigenvalue weighted by atomic mass is 10.1. The molecule has 1 atom stereocenters. The van der Waals surface area contributed by atoms with Crippen molar-refractivity contribution >= 4 is 33.6 Å². The molecular weight excluding hydrogens is 611 g/mol. The molecule has 2 heterocycles. The van der Waals surface area contributed by atoms with Gasteiger partial charge in [0.25, 0.3) is 5.91 Å². The van der Waals surface area contributed by atoms with E-state index in [1.165, 1.54) is 24.5 Å². The average Bonchev–Trinajstić information content (AvgIpc) is 3.28. The van der Waals surface area contributed by atoms with Crippen molar-refractivity contribution in [2.24, 2.45) is 5.73 Å². The van der Waals surface area contributed by atoms with Crippen molar-refractivity contribution < 1.29 is 45.8 Å². The molecule has 3 N–H and O–H groups in total. The standard InChI is InChI=1S/C25H16BrF5N4O5/c26-21-20(12-1-3-13(4-2-12)25(29,30)31)34-23(40-21)17(11-35(24(37)38)14-7-9-33-10-8-14)39-16-6-5-15(27)18(19(16)28)22(32)36/h1-10,17H,11H2,(H2,32,36)(H,37,38). The molecule has 0 spiro atoms. The second-order valence-corrected chi connectivity index (χ2v) is 8.77. The number of oxazole rings is 1. The number of amides is 2. The number of anilines is 1. The van der Waals surface area contributed by atoms with Crippen molar-refractivity contribution in [3.8, 4) is 17.0 Å². The van der Waals surface area contributed by atoms with Crippen molar-refractivity contribution in [3.63, 3.8) is 0 Å². The van der Waals surface area contributed by atoms with E-state index in [4.69, 9.17) is 14.9 Å². The monoisotopic (exact) mass is 626 g/mol. The number of halogens is 6. The van der Waals surface area contributed by atoms with Gasteiger partial charge in [-0.3, -0.25) is 14.7 Å². The molecule has 0 aliphatic rings. The van der Waals surface area contributed by atoms with Gasteiger partial charge in [-0.25, -0.2) is 18.6 Å². The van der Waals surface area contributed by atoms with Crippen molar-refractivity contribution in [3.05, 3.63) is 94.2 Å². The molecule has 2 aromatic heterocycles. The first kappa shape index (κ1) is 28.5. The van der Waals surface area contributed by atoms with Gasteiger partial charge in [0, 0.05) is 18.0 Å². The van der Waals surface area contributed by atoms with Gasteiger partial charge in [-0.05, 0) is 52.3 Å². The van der Waals surface area contributed by atoms with Crippen LogP contribution in [0.2, 0.25) is 0 Å². The summed E-state index contributed by atoms with van der Waals surface area (Å²) in [4.78, 5) is 32.5. The van der Waals surface area contributed by atoms with Gasteiger partial charge in [-0.15, -0.1) is 0 Å². The Balaban J connectivity index is 1.77. The predicted octanol–water partition coefficient (Wildman–Crippen LogP) is 6.20. The quantitative estimate of drug-likeness (QED) is 0.223. The molecule has 15 heteroatoms. The first-order valence-electron chi connectivity index (χ1n) is 11.1. The highest BCUT2D eigenvalue weighted by molar-refractivity contribution is 9.10. The summed E-state index contributed by atoms with van der Waals surface area (Å²) in [5.41, 5.74) is 3.46. The second kappa shape index (κ2) is 11.3. The summed E-state index contributed by atoms with van der Waals surface area (Å²) in [6.45, 7) is -0.568. The van der Waals surface area contributed by atoms with E-state index < -0.39 is 59.3 Å². The van der Waals surface area contributed by atoms with Crippen molar-refractivity contribution in [2.75, 3.05) is 11.4 Å². The Morgan fingerprint density at radius 3 is 2.30 bits per heavy atom. The molecule has 0 aliphatic heterocycles. The third kappa shape index (κ3) is 6.03. The van der Waals surface area contributed by atoms with Crippen LogP contribution in [0.25, 0.3) is 11.3 Å². The largest absolute Gasteiger partial charge is 0.476 e. The number of nitrogens with two attached hydrogens (primary N) is 1. The minimum absolute atomic E-state index is 0.0283. The maximum Gasteiger partial charge on any atom is 0.416 e. The fourth-order valence-electron chi connectivity index (χ4n) is 3.60. The van der Waals surface area contributed by atoms with Crippen LogP contribution in [0.3, 0.4) is 0 Å². The highest BCUT2D eigenvalue weighted by Gasteiger charge is 2.32. The van der Waals surface area contributed by atoms with Crippen LogP contribution < -0.4 is 15.4 Å². The summed E-state index contributed by atoms with van der Waals surface area (Å²) < 4.78 is 79.2. The molecular formula is C25H16BrF5N4O5. The zero-order valence-corrected chi connectivity index (χ0v) is 21.4. The molecule has 9 nitrogen and oxygen atoms in total. The van der Waals surface area contributed by atoms with Crippen LogP contribution in [0.5, 0.6) is 5.75 Å². The first-order valence-corrected chi connectivity index (χ1v) is 11.8. The maximum atomic E-state index is 15.0. The van der Waals surface area contributed by atoms with Gasteiger partial charge >= 0.3 is 12.3 Å². The number of aromatic nitrogens is 2. The van der Waals surface area contributed by atoms with Gasteiger partial charge in [0.15, 0.2) is 22.3 Å². The normalized spacial score (nSPS) is 12.2. The number of benzene rings is 2. The predicted molar refractivity (Wildman–Crippen MR) is 132 cm³/mol. The molecule has 4 aromatic rings. The number of ether oxygens (including phenoxy) is 1. The number of rotatable bonds is 8. The summed E-state index contributed by atoms with van der Waals surface area (Å²) in [6, 6.07) is 8.28. The van der Waals surface area contributed by atoms with Crippen molar-refractivity contribution in [1.29, 1.82) is 0 Å². The smallest absolute Gasteiger partial charge is 0.416 e. The van der Waals surface area contributed by atoms with Crippen LogP contribution in [0.15, 0.2) is 70.0 Å². The molecule has 2 amide bonds. The molecule has 0 bridgehead atoms. The first-order chi connectivity index (χ1) is 18.9. The van der Waals surface area contributed by atoms with Crippen LogP contribution in [0, 0.1) is 11.6 Å². The van der Waals surface area contributed by atoms with Crippen LogP contribution in [0.4, 0.5) is 32.4 Å². The van der Waals surface area contributed by atoms with E-state index in [9.17, 15) is 32.3 Å². The highest BCUT2D eigenvalue weighted by Crippen LogP contribution is 2.36.